The van der Waals surface area contributed by atoms with Crippen molar-refractivity contribution < 1.29 is 23.9 Å². The minimum atomic E-state index is -1.20. The molecule has 2 aliphatic rings. The molecule has 0 aromatic heterocycles. The molecule has 2 aromatic carbocycles. The Morgan fingerprint density at radius 3 is 2.22 bits per heavy atom. The number of hydrazine groups is 1. The van der Waals surface area contributed by atoms with Crippen LogP contribution in [0.25, 0.3) is 0 Å². The third-order valence-corrected chi connectivity index (χ3v) is 7.68. The number of nitrogens with zero attached hydrogens (tertiary/aromatic N) is 2. The van der Waals surface area contributed by atoms with Crippen LogP contribution in [0.5, 0.6) is 11.5 Å². The summed E-state index contributed by atoms with van der Waals surface area (Å²) in [5.41, 5.74) is 4.03. The van der Waals surface area contributed by atoms with Crippen LogP contribution in [-0.2, 0) is 20.9 Å². The number of carbonyl (C=O) groups excluding carboxylic acids is 3. The molecule has 0 aliphatic carbocycles. The molecule has 0 bridgehead atoms. The van der Waals surface area contributed by atoms with Gasteiger partial charge in [-0.25, -0.2) is 10.2 Å². The summed E-state index contributed by atoms with van der Waals surface area (Å²) >= 11 is 5.51. The molecule has 10 heteroatoms. The van der Waals surface area contributed by atoms with Crippen LogP contribution >= 0.6 is 11.6 Å². The van der Waals surface area contributed by atoms with Gasteiger partial charge < -0.3 is 14.8 Å². The second-order valence-electron chi connectivity index (χ2n) is 11.4. The molecule has 2 fully saturated rings. The number of rotatable bonds is 12. The Morgan fingerprint density at radius 2 is 1.68 bits per heavy atom. The molecule has 2 heterocycles. The zero-order chi connectivity index (χ0) is 29.6. The third kappa shape index (κ3) is 7.86. The third-order valence-electron chi connectivity index (χ3n) is 7.46. The lowest BCUT2D eigenvalue weighted by molar-refractivity contribution is -0.149. The number of cyclic esters (lactones) is 1. The summed E-state index contributed by atoms with van der Waals surface area (Å²) in [6.45, 7) is 10.2. The van der Waals surface area contributed by atoms with Crippen molar-refractivity contribution in [3.63, 3.8) is 0 Å². The Kier molecular flexibility index (Phi) is 10.4. The van der Waals surface area contributed by atoms with Crippen molar-refractivity contribution in [3.8, 4) is 11.5 Å². The molecule has 4 rings (SSSR count). The number of hydrogen-bond acceptors (Lipinski definition) is 8. The van der Waals surface area contributed by atoms with E-state index in [9.17, 15) is 14.4 Å². The number of nitrogens with one attached hydrogen (secondary N) is 2. The lowest BCUT2D eigenvalue weighted by Crippen LogP contribution is -2.68. The van der Waals surface area contributed by atoms with Crippen molar-refractivity contribution in [2.75, 3.05) is 13.1 Å². The summed E-state index contributed by atoms with van der Waals surface area (Å²) in [6.07, 6.45) is 3.41. The number of ether oxygens (including phenoxy) is 2. The van der Waals surface area contributed by atoms with Crippen LogP contribution in [0.15, 0.2) is 48.5 Å². The maximum Gasteiger partial charge on any atom is 0.350 e. The van der Waals surface area contributed by atoms with Gasteiger partial charge in [-0.2, -0.15) is 5.01 Å². The first-order valence-electron chi connectivity index (χ1n) is 14.4. The van der Waals surface area contributed by atoms with Crippen LogP contribution in [0.4, 0.5) is 0 Å². The maximum atomic E-state index is 13.2. The Morgan fingerprint density at radius 1 is 1.07 bits per heavy atom. The Labute approximate surface area is 247 Å². The lowest BCUT2D eigenvalue weighted by Gasteiger charge is -2.41. The highest BCUT2D eigenvalue weighted by atomic mass is 35.5. The number of carbonyl (C=O) groups is 3. The molecule has 2 atom stereocenters. The van der Waals surface area contributed by atoms with E-state index in [1.54, 1.807) is 24.3 Å². The molecule has 2 aromatic rings. The minimum Gasteiger partial charge on any atom is -0.457 e. The molecule has 2 N–H and O–H groups in total. The van der Waals surface area contributed by atoms with Gasteiger partial charge in [-0.3, -0.25) is 14.5 Å². The highest BCUT2D eigenvalue weighted by Crippen LogP contribution is 2.34. The Balaban J connectivity index is 1.33. The summed E-state index contributed by atoms with van der Waals surface area (Å²) in [5.74, 6) is 0.892. The Hall–Kier alpha value is -2.98. The molecular formula is C31H41ClN4O5. The van der Waals surface area contributed by atoms with Crippen molar-refractivity contribution in [2.24, 2.45) is 5.92 Å². The highest BCUT2D eigenvalue weighted by molar-refractivity contribution is 6.67. The fourth-order valence-corrected chi connectivity index (χ4v) is 5.73. The van der Waals surface area contributed by atoms with Gasteiger partial charge in [-0.15, -0.1) is 0 Å². The van der Waals surface area contributed by atoms with Gasteiger partial charge in [0.15, 0.2) is 6.23 Å². The molecule has 0 saturated carbocycles. The molecule has 0 spiro atoms. The van der Waals surface area contributed by atoms with E-state index in [0.717, 1.165) is 44.6 Å². The van der Waals surface area contributed by atoms with Crippen molar-refractivity contribution in [1.82, 2.24) is 20.7 Å². The fourth-order valence-electron chi connectivity index (χ4n) is 5.60. The van der Waals surface area contributed by atoms with Crippen molar-refractivity contribution in [2.45, 2.75) is 84.3 Å². The van der Waals surface area contributed by atoms with Gasteiger partial charge in [-0.05, 0) is 85.2 Å². The number of piperidine rings is 1. The zero-order valence-corrected chi connectivity index (χ0v) is 25.1. The summed E-state index contributed by atoms with van der Waals surface area (Å²) < 4.78 is 11.7. The van der Waals surface area contributed by atoms with Crippen molar-refractivity contribution in [1.29, 1.82) is 0 Å². The van der Waals surface area contributed by atoms with Gasteiger partial charge in [0.1, 0.15) is 11.5 Å². The smallest absolute Gasteiger partial charge is 0.350 e. The molecule has 2 saturated heterocycles. The maximum absolute atomic E-state index is 13.2. The first kappa shape index (κ1) is 31.0. The number of halogens is 1. The lowest BCUT2D eigenvalue weighted by atomic mass is 9.96. The SMILES string of the molecule is CCCC1OC(=O)C(CC(C)C)(NC(C)=O)N1NC1CCN(Cc2ccc(Oc3ccc(C(=O)Cl)cc3)cc2)CC1. The van der Waals surface area contributed by atoms with Crippen LogP contribution < -0.4 is 15.5 Å². The average Bonchev–Trinajstić information content (AvgIpc) is 3.15. The second-order valence-corrected chi connectivity index (χ2v) is 11.7. The first-order valence-corrected chi connectivity index (χ1v) is 14.8. The van der Waals surface area contributed by atoms with E-state index in [1.165, 1.54) is 12.5 Å². The van der Waals surface area contributed by atoms with Crippen LogP contribution in [0.1, 0.15) is 75.7 Å². The quantitative estimate of drug-likeness (QED) is 0.260. The summed E-state index contributed by atoms with van der Waals surface area (Å²) in [5, 5.41) is 4.35. The number of likely N-dealkylation sites (tertiary alicyclic amines) is 1. The van der Waals surface area contributed by atoms with Crippen LogP contribution in [-0.4, -0.2) is 58.0 Å². The van der Waals surface area contributed by atoms with E-state index in [-0.39, 0.29) is 23.8 Å². The normalized spacial score (nSPS) is 22.1. The predicted molar refractivity (Wildman–Crippen MR) is 157 cm³/mol. The molecule has 2 aliphatic heterocycles. The van der Waals surface area contributed by atoms with Crippen LogP contribution in [0, 0.1) is 5.92 Å². The first-order chi connectivity index (χ1) is 19.6. The van der Waals surface area contributed by atoms with Gasteiger partial charge in [0.2, 0.25) is 11.6 Å². The van der Waals surface area contributed by atoms with Gasteiger partial charge in [0.25, 0.3) is 5.24 Å². The van der Waals surface area contributed by atoms with Gasteiger partial charge >= 0.3 is 5.97 Å². The zero-order valence-electron chi connectivity index (χ0n) is 24.3. The van der Waals surface area contributed by atoms with E-state index < -0.39 is 17.1 Å². The fraction of sp³-hybridized carbons (Fsp3) is 0.516. The second kappa shape index (κ2) is 13.8. The average molecular weight is 585 g/mol. The Bertz CT molecular complexity index is 1200. The van der Waals surface area contributed by atoms with E-state index in [2.05, 4.69) is 34.7 Å². The molecule has 2 unspecified atom stereocenters. The number of hydrogen-bond donors (Lipinski definition) is 2. The van der Waals surface area contributed by atoms with Gasteiger partial charge in [-0.1, -0.05) is 39.3 Å². The summed E-state index contributed by atoms with van der Waals surface area (Å²) in [6, 6.07) is 14.9. The number of amides is 1. The van der Waals surface area contributed by atoms with Gasteiger partial charge in [0.05, 0.1) is 0 Å². The van der Waals surface area contributed by atoms with E-state index >= 15 is 0 Å². The molecular weight excluding hydrogens is 544 g/mol. The summed E-state index contributed by atoms with van der Waals surface area (Å²) in [7, 11) is 0. The van der Waals surface area contributed by atoms with Crippen molar-refractivity contribution in [3.05, 3.63) is 59.7 Å². The highest BCUT2D eigenvalue weighted by Gasteiger charge is 2.57. The molecule has 9 nitrogen and oxygen atoms in total. The van der Waals surface area contributed by atoms with E-state index in [1.807, 2.05) is 31.0 Å². The largest absolute Gasteiger partial charge is 0.457 e. The van der Waals surface area contributed by atoms with Crippen LogP contribution in [0.2, 0.25) is 0 Å². The number of esters is 1. The number of benzene rings is 2. The minimum absolute atomic E-state index is 0.164. The molecule has 222 valence electrons. The molecule has 0 radical (unpaired) electrons. The van der Waals surface area contributed by atoms with Crippen molar-refractivity contribution >= 4 is 28.7 Å². The van der Waals surface area contributed by atoms with E-state index in [0.29, 0.717) is 24.2 Å². The standard InChI is InChI=1S/C31H41ClN4O5/c1-5-6-28-36(31(19-21(2)3,30(39)41-28)33-22(4)37)34-25-15-17-35(18-16-25)20-23-7-11-26(12-8-23)40-27-13-9-24(10-14-27)29(32)38/h7-14,21,25,28,34H,5-6,15-20H2,1-4H3,(H,33,37). The predicted octanol–water partition coefficient (Wildman–Crippen LogP) is 5.19. The van der Waals surface area contributed by atoms with Gasteiger partial charge in [0, 0.05) is 38.2 Å². The molecule has 1 amide bonds. The summed E-state index contributed by atoms with van der Waals surface area (Å²) in [4.78, 5) is 39.0. The van der Waals surface area contributed by atoms with Crippen LogP contribution in [0.3, 0.4) is 0 Å². The topological polar surface area (TPSA) is 100 Å². The van der Waals surface area contributed by atoms with E-state index in [4.69, 9.17) is 21.1 Å². The monoisotopic (exact) mass is 584 g/mol. The molecule has 41 heavy (non-hydrogen) atoms.